The van der Waals surface area contributed by atoms with Gasteiger partial charge in [-0.2, -0.15) is 0 Å². The maximum atomic E-state index is 12.2. The fraction of sp³-hybridized carbons (Fsp3) is 0.429. The van der Waals surface area contributed by atoms with Crippen LogP contribution in [0.1, 0.15) is 37.0 Å². The normalized spacial score (nSPS) is 15.2. The molecule has 1 aliphatic heterocycles. The molecule has 0 unspecified atom stereocenters. The van der Waals surface area contributed by atoms with Crippen molar-refractivity contribution in [2.75, 3.05) is 11.4 Å². The van der Waals surface area contributed by atoms with Crippen molar-refractivity contribution < 1.29 is 9.59 Å². The monoisotopic (exact) mass is 280 g/mol. The van der Waals surface area contributed by atoms with Crippen molar-refractivity contribution in [1.82, 2.24) is 5.32 Å². The van der Waals surface area contributed by atoms with Gasteiger partial charge in [0.15, 0.2) is 0 Å². The molecule has 5 heteroatoms. The third-order valence-corrected chi connectivity index (χ3v) is 3.22. The lowest BCUT2D eigenvalue weighted by atomic mass is 10.1. The average Bonchev–Trinajstić information content (AvgIpc) is 2.74. The number of halogens is 1. The molecule has 102 valence electrons. The van der Waals surface area contributed by atoms with Crippen LogP contribution in [0, 0.1) is 0 Å². The Hall–Kier alpha value is -1.55. The minimum Gasteiger partial charge on any atom is -0.350 e. The Kier molecular flexibility index (Phi) is 4.10. The Morgan fingerprint density at radius 2 is 2.16 bits per heavy atom. The molecule has 2 rings (SSSR count). The number of amides is 2. The maximum absolute atomic E-state index is 12.2. The second-order valence-corrected chi connectivity index (χ2v) is 5.37. The molecule has 4 nitrogen and oxygen atoms in total. The van der Waals surface area contributed by atoms with Gasteiger partial charge in [-0.05, 0) is 38.5 Å². The van der Waals surface area contributed by atoms with E-state index >= 15 is 0 Å². The zero-order chi connectivity index (χ0) is 14.0. The van der Waals surface area contributed by atoms with Crippen LogP contribution in [-0.2, 0) is 4.79 Å². The largest absolute Gasteiger partial charge is 0.350 e. The quantitative estimate of drug-likeness (QED) is 0.925. The van der Waals surface area contributed by atoms with E-state index in [9.17, 15) is 9.59 Å². The van der Waals surface area contributed by atoms with E-state index in [0.717, 1.165) is 6.42 Å². The molecule has 0 bridgehead atoms. The van der Waals surface area contributed by atoms with Crippen LogP contribution in [0.4, 0.5) is 5.69 Å². The van der Waals surface area contributed by atoms with Gasteiger partial charge in [0.1, 0.15) is 0 Å². The van der Waals surface area contributed by atoms with E-state index < -0.39 is 0 Å². The smallest absolute Gasteiger partial charge is 0.253 e. The Labute approximate surface area is 117 Å². The number of hydrogen-bond donors (Lipinski definition) is 1. The number of carbonyl (C=O) groups excluding carboxylic acids is 2. The van der Waals surface area contributed by atoms with Crippen molar-refractivity contribution in [1.29, 1.82) is 0 Å². The number of rotatable bonds is 3. The van der Waals surface area contributed by atoms with E-state index in [0.29, 0.717) is 29.2 Å². The summed E-state index contributed by atoms with van der Waals surface area (Å²) in [6, 6.07) is 5.06. The summed E-state index contributed by atoms with van der Waals surface area (Å²) in [5, 5.41) is 3.36. The SMILES string of the molecule is CC(C)NC(=O)c1ccc(Cl)cc1N1CCCC1=O. The van der Waals surface area contributed by atoms with E-state index in [1.807, 2.05) is 13.8 Å². The van der Waals surface area contributed by atoms with Crippen molar-refractivity contribution in [3.8, 4) is 0 Å². The van der Waals surface area contributed by atoms with Gasteiger partial charge in [0.05, 0.1) is 11.3 Å². The van der Waals surface area contributed by atoms with Crippen LogP contribution in [0.3, 0.4) is 0 Å². The molecule has 1 N–H and O–H groups in total. The van der Waals surface area contributed by atoms with Crippen molar-refractivity contribution in [2.24, 2.45) is 0 Å². The molecule has 1 aromatic carbocycles. The first-order chi connectivity index (χ1) is 8.99. The van der Waals surface area contributed by atoms with Crippen molar-refractivity contribution in [3.05, 3.63) is 28.8 Å². The number of anilines is 1. The molecule has 0 aromatic heterocycles. The highest BCUT2D eigenvalue weighted by Crippen LogP contribution is 2.28. The van der Waals surface area contributed by atoms with Crippen LogP contribution in [0.25, 0.3) is 0 Å². The van der Waals surface area contributed by atoms with Gasteiger partial charge in [-0.15, -0.1) is 0 Å². The Morgan fingerprint density at radius 1 is 1.42 bits per heavy atom. The lowest BCUT2D eigenvalue weighted by molar-refractivity contribution is -0.117. The second-order valence-electron chi connectivity index (χ2n) is 4.94. The molecule has 19 heavy (non-hydrogen) atoms. The molecule has 1 saturated heterocycles. The van der Waals surface area contributed by atoms with E-state index in [4.69, 9.17) is 11.6 Å². The first-order valence-electron chi connectivity index (χ1n) is 6.40. The summed E-state index contributed by atoms with van der Waals surface area (Å²) in [5.41, 5.74) is 1.10. The standard InChI is InChI=1S/C14H17ClN2O2/c1-9(2)16-14(19)11-6-5-10(15)8-12(11)17-7-3-4-13(17)18/h5-6,8-9H,3-4,7H2,1-2H3,(H,16,19). The molecule has 1 aromatic rings. The van der Waals surface area contributed by atoms with Gasteiger partial charge in [0.25, 0.3) is 5.91 Å². The minimum atomic E-state index is -0.179. The van der Waals surface area contributed by atoms with Crippen LogP contribution in [0.2, 0.25) is 5.02 Å². The lowest BCUT2D eigenvalue weighted by Crippen LogP contribution is -2.33. The van der Waals surface area contributed by atoms with Crippen molar-refractivity contribution >= 4 is 29.1 Å². The number of nitrogens with zero attached hydrogens (tertiary/aromatic N) is 1. The van der Waals surface area contributed by atoms with Gasteiger partial charge in [-0.1, -0.05) is 11.6 Å². The van der Waals surface area contributed by atoms with Crippen LogP contribution in [-0.4, -0.2) is 24.4 Å². The molecule has 0 aliphatic carbocycles. The zero-order valence-electron chi connectivity index (χ0n) is 11.1. The van der Waals surface area contributed by atoms with Gasteiger partial charge < -0.3 is 10.2 Å². The van der Waals surface area contributed by atoms with E-state index in [2.05, 4.69) is 5.32 Å². The van der Waals surface area contributed by atoms with Crippen molar-refractivity contribution in [3.63, 3.8) is 0 Å². The number of hydrogen-bond acceptors (Lipinski definition) is 2. The molecule has 0 atom stereocenters. The Morgan fingerprint density at radius 3 is 2.74 bits per heavy atom. The molecule has 1 heterocycles. The summed E-state index contributed by atoms with van der Waals surface area (Å²) in [6.45, 7) is 4.43. The fourth-order valence-electron chi connectivity index (χ4n) is 2.16. The predicted molar refractivity (Wildman–Crippen MR) is 75.6 cm³/mol. The molecule has 0 saturated carbocycles. The Bertz CT molecular complexity index is 514. The number of benzene rings is 1. The third-order valence-electron chi connectivity index (χ3n) is 2.99. The summed E-state index contributed by atoms with van der Waals surface area (Å²) >= 11 is 5.98. The first-order valence-corrected chi connectivity index (χ1v) is 6.77. The topological polar surface area (TPSA) is 49.4 Å². The molecule has 0 spiro atoms. The lowest BCUT2D eigenvalue weighted by Gasteiger charge is -2.20. The first kappa shape index (κ1) is 13.9. The molecule has 2 amide bonds. The molecular formula is C14H17ClN2O2. The van der Waals surface area contributed by atoms with Gasteiger partial charge in [0.2, 0.25) is 5.91 Å². The molecule has 1 fully saturated rings. The number of carbonyl (C=O) groups is 2. The van der Waals surface area contributed by atoms with Gasteiger partial charge >= 0.3 is 0 Å². The molecular weight excluding hydrogens is 264 g/mol. The minimum absolute atomic E-state index is 0.0425. The van der Waals surface area contributed by atoms with Crippen LogP contribution < -0.4 is 10.2 Å². The van der Waals surface area contributed by atoms with E-state index in [-0.39, 0.29) is 17.9 Å². The summed E-state index contributed by atoms with van der Waals surface area (Å²) in [5.74, 6) is -0.137. The predicted octanol–water partition coefficient (Wildman–Crippen LogP) is 2.61. The van der Waals surface area contributed by atoms with E-state index in [1.54, 1.807) is 23.1 Å². The average molecular weight is 281 g/mol. The summed E-state index contributed by atoms with van der Waals surface area (Å²) in [7, 11) is 0. The fourth-order valence-corrected chi connectivity index (χ4v) is 2.33. The maximum Gasteiger partial charge on any atom is 0.253 e. The van der Waals surface area contributed by atoms with Crippen LogP contribution in [0.5, 0.6) is 0 Å². The van der Waals surface area contributed by atoms with Gasteiger partial charge in [-0.25, -0.2) is 0 Å². The summed E-state index contributed by atoms with van der Waals surface area (Å²) in [4.78, 5) is 25.6. The summed E-state index contributed by atoms with van der Waals surface area (Å²) < 4.78 is 0. The van der Waals surface area contributed by atoms with Gasteiger partial charge in [-0.3, -0.25) is 9.59 Å². The van der Waals surface area contributed by atoms with Crippen LogP contribution >= 0.6 is 11.6 Å². The Balaban J connectivity index is 2.38. The highest BCUT2D eigenvalue weighted by Gasteiger charge is 2.26. The van der Waals surface area contributed by atoms with Gasteiger partial charge in [0, 0.05) is 24.0 Å². The third kappa shape index (κ3) is 3.07. The van der Waals surface area contributed by atoms with E-state index in [1.165, 1.54) is 0 Å². The highest BCUT2D eigenvalue weighted by molar-refractivity contribution is 6.31. The highest BCUT2D eigenvalue weighted by atomic mass is 35.5. The molecule has 1 aliphatic rings. The zero-order valence-corrected chi connectivity index (χ0v) is 11.8. The van der Waals surface area contributed by atoms with Crippen LogP contribution in [0.15, 0.2) is 18.2 Å². The summed E-state index contributed by atoms with van der Waals surface area (Å²) in [6.07, 6.45) is 1.34. The second kappa shape index (κ2) is 5.61. The number of nitrogens with one attached hydrogen (secondary N) is 1. The van der Waals surface area contributed by atoms with Crippen molar-refractivity contribution in [2.45, 2.75) is 32.7 Å². The molecule has 0 radical (unpaired) electrons.